The van der Waals surface area contributed by atoms with Crippen molar-refractivity contribution in [3.05, 3.63) is 37.0 Å². The maximum absolute atomic E-state index is 4.10. The summed E-state index contributed by atoms with van der Waals surface area (Å²) in [5.74, 6) is 1.74. The second-order valence-electron chi connectivity index (χ2n) is 4.72. The summed E-state index contributed by atoms with van der Waals surface area (Å²) in [7, 11) is 0. The van der Waals surface area contributed by atoms with Crippen molar-refractivity contribution in [1.29, 1.82) is 0 Å². The van der Waals surface area contributed by atoms with Gasteiger partial charge in [0.05, 0.1) is 0 Å². The van der Waals surface area contributed by atoms with Crippen LogP contribution in [0, 0.1) is 11.8 Å². The Hall–Kier alpha value is -0.780. The third-order valence-corrected chi connectivity index (χ3v) is 3.74. The molecule has 0 nitrogen and oxygen atoms in total. The highest BCUT2D eigenvalue weighted by Crippen LogP contribution is 2.41. The summed E-state index contributed by atoms with van der Waals surface area (Å²) in [6.07, 6.45) is 10.8. The van der Waals surface area contributed by atoms with E-state index in [4.69, 9.17) is 0 Å². The number of hydrogen-bond donors (Lipinski definition) is 0. The van der Waals surface area contributed by atoms with Crippen molar-refractivity contribution in [2.45, 2.75) is 59.3 Å². The highest BCUT2D eigenvalue weighted by atomic mass is 14.3. The fourth-order valence-corrected chi connectivity index (χ4v) is 2.83. The van der Waals surface area contributed by atoms with Crippen molar-refractivity contribution in [2.75, 3.05) is 0 Å². The Morgan fingerprint density at radius 1 is 1.24 bits per heavy atom. The fraction of sp³-hybridized carbons (Fsp3) is 0.647. The van der Waals surface area contributed by atoms with Crippen LogP contribution in [0.5, 0.6) is 0 Å². The van der Waals surface area contributed by atoms with E-state index in [0.717, 1.165) is 11.8 Å². The second-order valence-corrected chi connectivity index (χ2v) is 4.72. The summed E-state index contributed by atoms with van der Waals surface area (Å²) in [6, 6.07) is 0. The smallest absolute Gasteiger partial charge is 0.0197 e. The molecule has 2 atom stereocenters. The van der Waals surface area contributed by atoms with Gasteiger partial charge in [0.2, 0.25) is 0 Å². The largest absolute Gasteiger partial charge is 0.106 e. The molecular weight excluding hydrogens is 204 g/mol. The molecule has 0 aliphatic heterocycles. The summed E-state index contributed by atoms with van der Waals surface area (Å²) in [5, 5.41) is 0. The molecular formula is C17H30. The van der Waals surface area contributed by atoms with E-state index in [1.165, 1.54) is 44.1 Å². The molecule has 98 valence electrons. The van der Waals surface area contributed by atoms with Gasteiger partial charge in [-0.2, -0.15) is 0 Å². The first-order valence-corrected chi connectivity index (χ1v) is 7.11. The maximum atomic E-state index is 4.10. The molecule has 0 N–H and O–H groups in total. The summed E-state index contributed by atoms with van der Waals surface area (Å²) >= 11 is 0. The third-order valence-electron chi connectivity index (χ3n) is 3.74. The molecule has 17 heavy (non-hydrogen) atoms. The van der Waals surface area contributed by atoms with Crippen molar-refractivity contribution >= 4 is 0 Å². The van der Waals surface area contributed by atoms with E-state index >= 15 is 0 Å². The van der Waals surface area contributed by atoms with Gasteiger partial charge in [-0.25, -0.2) is 0 Å². The monoisotopic (exact) mass is 234 g/mol. The summed E-state index contributed by atoms with van der Waals surface area (Å²) < 4.78 is 0. The van der Waals surface area contributed by atoms with Gasteiger partial charge in [-0.05, 0) is 57.3 Å². The van der Waals surface area contributed by atoms with Crippen molar-refractivity contribution in [1.82, 2.24) is 0 Å². The van der Waals surface area contributed by atoms with E-state index in [9.17, 15) is 0 Å². The lowest BCUT2D eigenvalue weighted by molar-refractivity contribution is 0.337. The molecule has 1 unspecified atom stereocenters. The molecule has 0 amide bonds. The van der Waals surface area contributed by atoms with Crippen LogP contribution in [-0.4, -0.2) is 0 Å². The highest BCUT2D eigenvalue weighted by Gasteiger charge is 2.26. The first kappa shape index (κ1) is 16.2. The predicted octanol–water partition coefficient (Wildman–Crippen LogP) is 5.92. The predicted molar refractivity (Wildman–Crippen MR) is 80.2 cm³/mol. The third kappa shape index (κ3) is 4.93. The molecule has 0 radical (unpaired) electrons. The van der Waals surface area contributed by atoms with Crippen molar-refractivity contribution in [3.63, 3.8) is 0 Å². The fourth-order valence-electron chi connectivity index (χ4n) is 2.83. The Morgan fingerprint density at radius 3 is 2.47 bits per heavy atom. The Morgan fingerprint density at radius 2 is 1.88 bits per heavy atom. The van der Waals surface area contributed by atoms with Crippen LogP contribution in [-0.2, 0) is 0 Å². The summed E-state index contributed by atoms with van der Waals surface area (Å²) in [4.78, 5) is 0. The molecule has 2 aliphatic rings. The molecule has 1 fully saturated rings. The first-order valence-electron chi connectivity index (χ1n) is 7.11. The quantitative estimate of drug-likeness (QED) is 0.494. The Labute approximate surface area is 109 Å². The van der Waals surface area contributed by atoms with Crippen LogP contribution in [0.3, 0.4) is 0 Å². The van der Waals surface area contributed by atoms with Crippen LogP contribution >= 0.6 is 0 Å². The molecule has 1 saturated carbocycles. The molecule has 0 heteroatoms. The number of fused-ring (bicyclic) bond motifs is 1. The zero-order valence-corrected chi connectivity index (χ0v) is 12.1. The zero-order valence-electron chi connectivity index (χ0n) is 12.1. The van der Waals surface area contributed by atoms with Crippen molar-refractivity contribution in [2.24, 2.45) is 11.8 Å². The van der Waals surface area contributed by atoms with Crippen molar-refractivity contribution < 1.29 is 0 Å². The SMILES string of the molecule is C=C.C=C(C)[C@@H]1CCC2=CCCCC2C1.CC. The van der Waals surface area contributed by atoms with Gasteiger partial charge in [0.1, 0.15) is 0 Å². The van der Waals surface area contributed by atoms with Gasteiger partial charge in [-0.15, -0.1) is 13.2 Å². The molecule has 0 saturated heterocycles. The van der Waals surface area contributed by atoms with E-state index in [1.807, 2.05) is 13.8 Å². The molecule has 0 spiro atoms. The minimum atomic E-state index is 0.820. The van der Waals surface area contributed by atoms with Gasteiger partial charge in [0.25, 0.3) is 0 Å². The molecule has 2 rings (SSSR count). The van der Waals surface area contributed by atoms with Gasteiger partial charge >= 0.3 is 0 Å². The van der Waals surface area contributed by atoms with E-state index in [-0.39, 0.29) is 0 Å². The Balaban J connectivity index is 0.000000581. The maximum Gasteiger partial charge on any atom is -0.0197 e. The molecule has 0 bridgehead atoms. The van der Waals surface area contributed by atoms with Crippen LogP contribution in [0.25, 0.3) is 0 Å². The molecule has 0 aromatic rings. The summed E-state index contributed by atoms with van der Waals surface area (Å²) in [6.45, 7) is 16.3. The average molecular weight is 234 g/mol. The Bertz CT molecular complexity index is 247. The number of rotatable bonds is 1. The first-order chi connectivity index (χ1) is 8.27. The summed E-state index contributed by atoms with van der Waals surface area (Å²) in [5.41, 5.74) is 3.17. The topological polar surface area (TPSA) is 0 Å². The highest BCUT2D eigenvalue weighted by molar-refractivity contribution is 5.15. The van der Waals surface area contributed by atoms with E-state index < -0.39 is 0 Å². The molecule has 0 aromatic heterocycles. The van der Waals surface area contributed by atoms with Crippen LogP contribution in [0.2, 0.25) is 0 Å². The Kier molecular flexibility index (Phi) is 8.85. The molecule has 2 aliphatic carbocycles. The van der Waals surface area contributed by atoms with Gasteiger partial charge < -0.3 is 0 Å². The average Bonchev–Trinajstić information content (AvgIpc) is 2.42. The zero-order chi connectivity index (χ0) is 13.3. The molecule has 0 heterocycles. The van der Waals surface area contributed by atoms with Gasteiger partial charge in [-0.1, -0.05) is 37.6 Å². The minimum absolute atomic E-state index is 0.820. The number of allylic oxidation sites excluding steroid dienone is 3. The van der Waals surface area contributed by atoms with Gasteiger partial charge in [0.15, 0.2) is 0 Å². The van der Waals surface area contributed by atoms with Crippen LogP contribution < -0.4 is 0 Å². The van der Waals surface area contributed by atoms with Crippen molar-refractivity contribution in [3.8, 4) is 0 Å². The lowest BCUT2D eigenvalue weighted by atomic mass is 9.71. The van der Waals surface area contributed by atoms with E-state index in [1.54, 1.807) is 5.57 Å². The van der Waals surface area contributed by atoms with E-state index in [2.05, 4.69) is 32.7 Å². The van der Waals surface area contributed by atoms with Gasteiger partial charge in [-0.3, -0.25) is 0 Å². The van der Waals surface area contributed by atoms with Crippen LogP contribution in [0.4, 0.5) is 0 Å². The van der Waals surface area contributed by atoms with E-state index in [0.29, 0.717) is 0 Å². The second kappa shape index (κ2) is 9.27. The van der Waals surface area contributed by atoms with Crippen LogP contribution in [0.1, 0.15) is 59.3 Å². The lowest BCUT2D eigenvalue weighted by Crippen LogP contribution is -2.20. The van der Waals surface area contributed by atoms with Crippen LogP contribution in [0.15, 0.2) is 37.0 Å². The van der Waals surface area contributed by atoms with Gasteiger partial charge in [0, 0.05) is 0 Å². The molecule has 0 aromatic carbocycles. The lowest BCUT2D eigenvalue weighted by Gasteiger charge is -2.34. The standard InChI is InChI=1S/C13H20.C2H6.C2H4/c1-10(2)12-8-7-11-5-3-4-6-13(11)9-12;2*1-2/h5,12-13H,1,3-4,6-9H2,2H3;1-2H3;1-2H2/t12-,13?;;/m1../s1. The normalized spacial score (nSPS) is 26.2. The number of hydrogen-bond acceptors (Lipinski definition) is 0. The minimum Gasteiger partial charge on any atom is -0.106 e.